The highest BCUT2D eigenvalue weighted by Crippen LogP contribution is 2.64. The van der Waals surface area contributed by atoms with Crippen LogP contribution in [0, 0.1) is 5.95 Å². The van der Waals surface area contributed by atoms with Crippen LogP contribution in [0.1, 0.15) is 165 Å². The lowest BCUT2D eigenvalue weighted by Crippen LogP contribution is -2.38. The van der Waals surface area contributed by atoms with Crippen molar-refractivity contribution < 1.29 is 75.1 Å². The van der Waals surface area contributed by atoms with Crippen molar-refractivity contribution in [2.24, 2.45) is 5.73 Å². The first-order valence-corrected chi connectivity index (χ1v) is 28.3. The van der Waals surface area contributed by atoms with Gasteiger partial charge in [-0.3, -0.25) is 37.3 Å². The van der Waals surface area contributed by atoms with E-state index in [1.165, 1.54) is 120 Å². The predicted molar refractivity (Wildman–Crippen MR) is 270 cm³/mol. The number of hydrogen-bond acceptors (Lipinski definition) is 17. The number of aliphatic hydroxyl groups is 2. The Kier molecular flexibility index (Phi) is 29.0. The van der Waals surface area contributed by atoms with Crippen LogP contribution in [0.15, 0.2) is 59.5 Å². The Morgan fingerprint density at radius 3 is 1.59 bits per heavy atom. The van der Waals surface area contributed by atoms with E-state index in [4.69, 9.17) is 37.8 Å². The Labute approximate surface area is 428 Å². The van der Waals surface area contributed by atoms with E-state index in [1.54, 1.807) is 0 Å². The molecule has 1 amide bonds. The van der Waals surface area contributed by atoms with E-state index >= 15 is 0 Å². The maximum absolute atomic E-state index is 14.1. The molecule has 0 radical (unpaired) electrons. The van der Waals surface area contributed by atoms with E-state index in [0.29, 0.717) is 34.7 Å². The quantitative estimate of drug-likeness (QED) is 0.0188. The average molecular weight is 1070 g/mol. The second-order valence-corrected chi connectivity index (χ2v) is 20.7. The van der Waals surface area contributed by atoms with Crippen molar-refractivity contribution in [3.05, 3.63) is 87.9 Å². The van der Waals surface area contributed by atoms with Crippen molar-refractivity contribution in [1.29, 1.82) is 0 Å². The molecule has 23 heteroatoms. The summed E-state index contributed by atoms with van der Waals surface area (Å²) in [4.78, 5) is 65.1. The fourth-order valence-corrected chi connectivity index (χ4v) is 10.0. The van der Waals surface area contributed by atoms with Crippen molar-refractivity contribution >= 4 is 33.5 Å². The van der Waals surface area contributed by atoms with Gasteiger partial charge in [0.05, 0.1) is 26.0 Å². The van der Waals surface area contributed by atoms with Crippen molar-refractivity contribution in [3.8, 4) is 11.5 Å². The number of unbranched alkanes of at least 4 members (excludes halogenated alkanes) is 12. The number of rotatable bonds is 34. The summed E-state index contributed by atoms with van der Waals surface area (Å²) in [6, 6.07) is 11.8. The fourth-order valence-electron chi connectivity index (χ4n) is 7.41. The van der Waals surface area contributed by atoms with Gasteiger partial charge in [-0.1, -0.05) is 136 Å². The van der Waals surface area contributed by atoms with Gasteiger partial charge in [-0.25, -0.2) is 14.1 Å². The van der Waals surface area contributed by atoms with E-state index in [1.807, 2.05) is 6.92 Å². The first-order valence-electron chi connectivity index (χ1n) is 25.4. The zero-order valence-corrected chi connectivity index (χ0v) is 44.7. The summed E-state index contributed by atoms with van der Waals surface area (Å²) in [5.41, 5.74) is 3.51. The number of benzene rings is 2. The number of phosphoric ester groups is 2. The molecule has 1 aliphatic heterocycles. The third kappa shape index (κ3) is 23.5. The summed E-state index contributed by atoms with van der Waals surface area (Å²) in [5.74, 6) is -3.06. The second-order valence-electron chi connectivity index (χ2n) is 17.5. The standard InChI is InChI=1S/C44H62FN3O16P2.C6H15N/c1-3-5-7-8-9-10-11-12-13-14-15-16-18-38(50)62-34-25-21-32(22-26-34)29-60-66(57,59-28-31-19-23-33(24-20-31)61-37(49)17-6-4-2)64-65(55,56)58-30-35-40(51)41(52)44(63-35)48-27-36(45)47-39(42(46)53)43(48)54;1-4-7(5-2)6-3/h19-27,35,40-41,44,51-52H,3-18,28-30H2,1-2H3,(H2,46,53)(H,55,56);4-6H2,1-3H3/t35-,40-,41-,44-,66?;/m1./s1. The van der Waals surface area contributed by atoms with Gasteiger partial charge < -0.3 is 40.0 Å². The van der Waals surface area contributed by atoms with Crippen LogP contribution in [-0.2, 0) is 54.6 Å². The van der Waals surface area contributed by atoms with Crippen LogP contribution >= 0.6 is 15.6 Å². The number of ether oxygens (including phenoxy) is 3. The summed E-state index contributed by atoms with van der Waals surface area (Å²) in [5, 5.41) is 21.2. The van der Waals surface area contributed by atoms with Crippen LogP contribution in [0.3, 0.4) is 0 Å². The molecule has 410 valence electrons. The number of amides is 1. The number of phosphoric acid groups is 2. The lowest BCUT2D eigenvalue weighted by atomic mass is 10.0. The topological polar surface area (TPSA) is 275 Å². The molecular formula is C50H77FN4O16P2. The van der Waals surface area contributed by atoms with Gasteiger partial charge in [0.15, 0.2) is 11.9 Å². The summed E-state index contributed by atoms with van der Waals surface area (Å²) in [7, 11) is -10.5. The van der Waals surface area contributed by atoms with Gasteiger partial charge in [0, 0.05) is 12.8 Å². The zero-order valence-electron chi connectivity index (χ0n) is 42.9. The molecule has 2 unspecified atom stereocenters. The average Bonchev–Trinajstić information content (AvgIpc) is 3.65. The van der Waals surface area contributed by atoms with E-state index < -0.39 is 95.1 Å². The maximum atomic E-state index is 14.1. The number of aromatic nitrogens is 2. The van der Waals surface area contributed by atoms with E-state index in [2.05, 4.69) is 37.6 Å². The van der Waals surface area contributed by atoms with Crippen molar-refractivity contribution in [3.63, 3.8) is 0 Å². The summed E-state index contributed by atoms with van der Waals surface area (Å²) < 4.78 is 78.8. The minimum Gasteiger partial charge on any atom is -0.427 e. The number of aliphatic hydroxyl groups excluding tert-OH is 2. The van der Waals surface area contributed by atoms with E-state index in [9.17, 15) is 47.8 Å². The number of carbonyl (C=O) groups excluding carboxylic acids is 3. The molecule has 1 saturated heterocycles. The first kappa shape index (κ1) is 63.1. The smallest absolute Gasteiger partial charge is 0.427 e. The van der Waals surface area contributed by atoms with Gasteiger partial charge in [-0.15, -0.1) is 0 Å². The highest BCUT2D eigenvalue weighted by atomic mass is 31.3. The molecule has 6 atom stereocenters. The predicted octanol–water partition coefficient (Wildman–Crippen LogP) is 9.22. The molecular weight excluding hydrogens is 994 g/mol. The van der Waals surface area contributed by atoms with Crippen LogP contribution in [-0.4, -0.2) is 92.0 Å². The fraction of sp³-hybridized carbons (Fsp3) is 0.620. The SMILES string of the molecule is CCCCCCCCCCCCCCC(=O)Oc1ccc(COP(=O)(OCc2ccc(OC(=O)CCCC)cc2)OP(=O)(O)OC[C@H]2O[C@@H](n3cc(F)nc(C(N)=O)c3=O)[C@H](O)[C@@H]2O)cc1.CCN(CC)CC. The van der Waals surface area contributed by atoms with Crippen LogP contribution in [0.2, 0.25) is 0 Å². The van der Waals surface area contributed by atoms with Gasteiger partial charge in [-0.2, -0.15) is 8.70 Å². The molecule has 0 aliphatic carbocycles. The molecule has 5 N–H and O–H groups in total. The molecule has 0 bridgehead atoms. The maximum Gasteiger partial charge on any atom is 0.484 e. The second kappa shape index (κ2) is 33.6. The molecule has 2 aromatic carbocycles. The number of primary amides is 1. The monoisotopic (exact) mass is 1070 g/mol. The van der Waals surface area contributed by atoms with Gasteiger partial charge >= 0.3 is 27.6 Å². The number of nitrogens with zero attached hydrogens (tertiary/aromatic N) is 3. The highest BCUT2D eigenvalue weighted by molar-refractivity contribution is 7.61. The number of nitrogens with two attached hydrogens (primary N) is 1. The number of esters is 2. The van der Waals surface area contributed by atoms with E-state index in [0.717, 1.165) is 25.7 Å². The Morgan fingerprint density at radius 2 is 1.15 bits per heavy atom. The molecule has 0 spiro atoms. The third-order valence-corrected chi connectivity index (χ3v) is 14.7. The summed E-state index contributed by atoms with van der Waals surface area (Å²) in [6.45, 7) is 12.2. The molecule has 20 nitrogen and oxygen atoms in total. The molecule has 1 aromatic heterocycles. The van der Waals surface area contributed by atoms with Crippen LogP contribution in [0.5, 0.6) is 11.5 Å². The molecule has 3 aromatic rings. The Hall–Kier alpha value is -4.24. The molecule has 1 fully saturated rings. The van der Waals surface area contributed by atoms with Gasteiger partial charge in [0.25, 0.3) is 11.5 Å². The van der Waals surface area contributed by atoms with Crippen molar-refractivity contribution in [2.75, 3.05) is 26.2 Å². The molecule has 73 heavy (non-hydrogen) atoms. The minimum absolute atomic E-state index is 0.228. The summed E-state index contributed by atoms with van der Waals surface area (Å²) >= 11 is 0. The summed E-state index contributed by atoms with van der Waals surface area (Å²) in [6.07, 6.45) is 9.03. The molecule has 2 heterocycles. The Bertz CT molecular complexity index is 2260. The van der Waals surface area contributed by atoms with Gasteiger partial charge in [0.2, 0.25) is 5.95 Å². The van der Waals surface area contributed by atoms with Crippen LogP contribution in [0.25, 0.3) is 0 Å². The van der Waals surface area contributed by atoms with Gasteiger partial charge in [0.1, 0.15) is 29.8 Å². The van der Waals surface area contributed by atoms with Crippen LogP contribution < -0.4 is 20.8 Å². The zero-order chi connectivity index (χ0) is 53.8. The van der Waals surface area contributed by atoms with Crippen molar-refractivity contribution in [2.45, 2.75) is 175 Å². The molecule has 4 rings (SSSR count). The normalized spacial score (nSPS) is 18.1. The molecule has 0 saturated carbocycles. The van der Waals surface area contributed by atoms with Crippen LogP contribution in [0.4, 0.5) is 4.39 Å². The number of halogens is 1. The Balaban J connectivity index is 0.00000187. The lowest BCUT2D eigenvalue weighted by Gasteiger charge is -2.22. The highest BCUT2D eigenvalue weighted by Gasteiger charge is 2.47. The van der Waals surface area contributed by atoms with E-state index in [-0.39, 0.29) is 24.3 Å². The number of carbonyl (C=O) groups is 3. The number of hydrogen-bond donors (Lipinski definition) is 4. The lowest BCUT2D eigenvalue weighted by molar-refractivity contribution is -0.135. The molecule has 1 aliphatic rings. The van der Waals surface area contributed by atoms with Crippen molar-refractivity contribution in [1.82, 2.24) is 14.5 Å². The first-order chi connectivity index (χ1) is 34.9. The Morgan fingerprint density at radius 1 is 0.699 bits per heavy atom. The largest absolute Gasteiger partial charge is 0.484 e. The minimum atomic E-state index is -5.47. The van der Waals surface area contributed by atoms with Gasteiger partial charge in [-0.05, 0) is 67.9 Å². The third-order valence-electron chi connectivity index (χ3n) is 11.8.